The summed E-state index contributed by atoms with van der Waals surface area (Å²) in [5.74, 6) is -3.77. The molecule has 0 saturated carbocycles. The second-order valence-corrected chi connectivity index (χ2v) is 9.61. The van der Waals surface area contributed by atoms with Crippen molar-refractivity contribution >= 4 is 23.9 Å². The molecule has 14 heteroatoms. The molecule has 0 unspecified atom stereocenters. The van der Waals surface area contributed by atoms with Gasteiger partial charge in [-0.15, -0.1) is 0 Å². The molecular weight excluding hydrogens is 500 g/mol. The number of carbonyl (C=O) groups excluding carboxylic acids is 4. The molecule has 0 aromatic rings. The van der Waals surface area contributed by atoms with E-state index in [0.717, 1.165) is 20.8 Å². The van der Waals surface area contributed by atoms with Crippen LogP contribution >= 0.6 is 0 Å². The minimum atomic E-state index is -1.38. The SMILES string of the molecule is CC(=O)OC[C@H]1O[C@H](O[C@H]2[C@@H]3OC(C)(C)O[C@@H]3[C@H]3OC[C@H]2O3)[C@@H](OC(C)=O)[C@@H](OC(C)=O)[C@@H]1OC(C)=O. The van der Waals surface area contributed by atoms with Crippen molar-refractivity contribution in [1.29, 1.82) is 0 Å². The van der Waals surface area contributed by atoms with Crippen LogP contribution in [0.3, 0.4) is 0 Å². The predicted molar refractivity (Wildman–Crippen MR) is 115 cm³/mol. The quantitative estimate of drug-likeness (QED) is 0.311. The molecule has 0 aromatic heterocycles. The fourth-order valence-corrected chi connectivity index (χ4v) is 4.90. The molecule has 0 aliphatic carbocycles. The minimum Gasteiger partial charge on any atom is -0.463 e. The van der Waals surface area contributed by atoms with Crippen LogP contribution in [0.4, 0.5) is 0 Å². The Morgan fingerprint density at radius 3 is 1.97 bits per heavy atom. The Morgan fingerprint density at radius 2 is 1.35 bits per heavy atom. The molecule has 37 heavy (non-hydrogen) atoms. The summed E-state index contributed by atoms with van der Waals surface area (Å²) in [6.45, 7) is 7.93. The van der Waals surface area contributed by atoms with Crippen LogP contribution in [0.15, 0.2) is 0 Å². The highest BCUT2D eigenvalue weighted by Crippen LogP contribution is 2.43. The van der Waals surface area contributed by atoms with Gasteiger partial charge in [0.05, 0.1) is 6.61 Å². The van der Waals surface area contributed by atoms with E-state index >= 15 is 0 Å². The van der Waals surface area contributed by atoms with Gasteiger partial charge in [0.2, 0.25) is 0 Å². The van der Waals surface area contributed by atoms with Crippen LogP contribution in [0.1, 0.15) is 41.5 Å². The number of ether oxygens (including phenoxy) is 10. The average Bonchev–Trinajstić information content (AvgIpc) is 3.35. The maximum absolute atomic E-state index is 12.1. The predicted octanol–water partition coefficient (Wildman–Crippen LogP) is -0.270. The molecule has 4 heterocycles. The molecule has 0 radical (unpaired) electrons. The Kier molecular flexibility index (Phi) is 8.07. The summed E-state index contributed by atoms with van der Waals surface area (Å²) >= 11 is 0. The summed E-state index contributed by atoms with van der Waals surface area (Å²) in [7, 11) is 0. The second kappa shape index (κ2) is 10.8. The van der Waals surface area contributed by atoms with Crippen molar-refractivity contribution in [3.05, 3.63) is 0 Å². The van der Waals surface area contributed by atoms with E-state index in [9.17, 15) is 19.2 Å². The highest BCUT2D eigenvalue weighted by atomic mass is 16.8. The van der Waals surface area contributed by atoms with Crippen molar-refractivity contribution in [2.75, 3.05) is 13.2 Å². The Morgan fingerprint density at radius 1 is 0.757 bits per heavy atom. The van der Waals surface area contributed by atoms with Gasteiger partial charge in [-0.05, 0) is 13.8 Å². The van der Waals surface area contributed by atoms with Gasteiger partial charge in [0, 0.05) is 27.7 Å². The van der Waals surface area contributed by atoms with Gasteiger partial charge in [0.15, 0.2) is 36.7 Å². The third kappa shape index (κ3) is 6.21. The Bertz CT molecular complexity index is 904. The topological polar surface area (TPSA) is 161 Å². The van der Waals surface area contributed by atoms with Gasteiger partial charge < -0.3 is 47.4 Å². The average molecular weight is 532 g/mol. The molecule has 4 aliphatic heterocycles. The van der Waals surface area contributed by atoms with E-state index < -0.39 is 91.1 Å². The van der Waals surface area contributed by atoms with E-state index in [1.165, 1.54) is 6.92 Å². The fraction of sp³-hybridized carbons (Fsp3) is 0.826. The largest absolute Gasteiger partial charge is 0.463 e. The van der Waals surface area contributed by atoms with Crippen molar-refractivity contribution in [3.8, 4) is 0 Å². The molecule has 2 bridgehead atoms. The number of rotatable bonds is 7. The molecule has 0 aromatic carbocycles. The van der Waals surface area contributed by atoms with Gasteiger partial charge in [0.1, 0.15) is 37.1 Å². The molecule has 4 fully saturated rings. The van der Waals surface area contributed by atoms with Crippen molar-refractivity contribution in [2.24, 2.45) is 0 Å². The van der Waals surface area contributed by atoms with E-state index in [1.807, 2.05) is 0 Å². The Labute approximate surface area is 213 Å². The van der Waals surface area contributed by atoms with Crippen LogP contribution in [0.2, 0.25) is 0 Å². The zero-order chi connectivity index (χ0) is 27.1. The van der Waals surface area contributed by atoms with Crippen LogP contribution in [-0.4, -0.2) is 104 Å². The van der Waals surface area contributed by atoms with Gasteiger partial charge >= 0.3 is 23.9 Å². The molecule has 10 atom stereocenters. The number of carbonyl (C=O) groups is 4. The summed E-state index contributed by atoms with van der Waals surface area (Å²) in [6, 6.07) is 0. The second-order valence-electron chi connectivity index (χ2n) is 9.61. The summed E-state index contributed by atoms with van der Waals surface area (Å²) in [6.07, 6.45) is -9.79. The van der Waals surface area contributed by atoms with Gasteiger partial charge in [-0.25, -0.2) is 0 Å². The highest BCUT2D eigenvalue weighted by molar-refractivity contribution is 5.68. The Balaban J connectivity index is 1.66. The number of hydrogen-bond acceptors (Lipinski definition) is 14. The van der Waals surface area contributed by atoms with Crippen LogP contribution in [0.5, 0.6) is 0 Å². The molecular formula is C23H32O14. The lowest BCUT2D eigenvalue weighted by Gasteiger charge is -2.46. The summed E-state index contributed by atoms with van der Waals surface area (Å²) in [4.78, 5) is 47.5. The zero-order valence-corrected chi connectivity index (χ0v) is 21.4. The first-order valence-corrected chi connectivity index (χ1v) is 11.9. The maximum atomic E-state index is 12.1. The molecule has 0 spiro atoms. The van der Waals surface area contributed by atoms with Gasteiger partial charge in [-0.1, -0.05) is 0 Å². The van der Waals surface area contributed by atoms with E-state index in [1.54, 1.807) is 13.8 Å². The monoisotopic (exact) mass is 532 g/mol. The highest BCUT2D eigenvalue weighted by Gasteiger charge is 2.61. The standard InChI is InChI=1S/C23H32O14/c1-9(24)28-7-13-15(30-10(2)25)17(31-11(3)26)19(32-12(4)27)22(34-13)35-16-14-8-29-21(33-14)20-18(16)36-23(5,6)37-20/h13-22H,7-8H2,1-6H3/t13-,14-,15-,16-,17+,18+,19+,20+,21+,22-/m1/s1. The van der Waals surface area contributed by atoms with Crippen LogP contribution in [0.25, 0.3) is 0 Å². The lowest BCUT2D eigenvalue weighted by atomic mass is 9.97. The molecule has 208 valence electrons. The first-order valence-electron chi connectivity index (χ1n) is 11.9. The van der Waals surface area contributed by atoms with Gasteiger partial charge in [-0.3, -0.25) is 19.2 Å². The van der Waals surface area contributed by atoms with Crippen molar-refractivity contribution < 1.29 is 66.5 Å². The van der Waals surface area contributed by atoms with Crippen molar-refractivity contribution in [2.45, 2.75) is 109 Å². The summed E-state index contributed by atoms with van der Waals surface area (Å²) in [5, 5.41) is 0. The molecule has 4 rings (SSSR count). The lowest BCUT2D eigenvalue weighted by Crippen LogP contribution is -2.65. The zero-order valence-electron chi connectivity index (χ0n) is 21.4. The first-order chi connectivity index (χ1) is 17.3. The number of fused-ring (bicyclic) bond motifs is 4. The lowest BCUT2D eigenvalue weighted by molar-refractivity contribution is -0.335. The first kappa shape index (κ1) is 27.7. The number of hydrogen-bond donors (Lipinski definition) is 0. The van der Waals surface area contributed by atoms with E-state index in [-0.39, 0.29) is 13.2 Å². The fourth-order valence-electron chi connectivity index (χ4n) is 4.90. The summed E-state index contributed by atoms with van der Waals surface area (Å²) in [5.41, 5.74) is 0. The minimum absolute atomic E-state index is 0.181. The maximum Gasteiger partial charge on any atom is 0.303 e. The van der Waals surface area contributed by atoms with Crippen LogP contribution in [0, 0.1) is 0 Å². The smallest absolute Gasteiger partial charge is 0.303 e. The van der Waals surface area contributed by atoms with Crippen molar-refractivity contribution in [3.63, 3.8) is 0 Å². The molecule has 4 saturated heterocycles. The van der Waals surface area contributed by atoms with E-state index in [2.05, 4.69) is 0 Å². The summed E-state index contributed by atoms with van der Waals surface area (Å²) < 4.78 is 57.4. The van der Waals surface area contributed by atoms with Crippen LogP contribution in [-0.2, 0) is 66.5 Å². The third-order valence-electron chi connectivity index (χ3n) is 6.10. The van der Waals surface area contributed by atoms with Crippen molar-refractivity contribution in [1.82, 2.24) is 0 Å². The van der Waals surface area contributed by atoms with Gasteiger partial charge in [-0.2, -0.15) is 0 Å². The number of esters is 4. The van der Waals surface area contributed by atoms with E-state index in [0.29, 0.717) is 0 Å². The molecule has 4 aliphatic rings. The molecule has 14 nitrogen and oxygen atoms in total. The van der Waals surface area contributed by atoms with E-state index in [4.69, 9.17) is 47.4 Å². The molecule has 0 N–H and O–H groups in total. The normalized spacial score (nSPS) is 39.8. The third-order valence-corrected chi connectivity index (χ3v) is 6.10. The Hall–Kier alpha value is -2.36. The van der Waals surface area contributed by atoms with Gasteiger partial charge in [0.25, 0.3) is 0 Å². The van der Waals surface area contributed by atoms with Crippen LogP contribution < -0.4 is 0 Å². The molecule has 0 amide bonds.